The Kier molecular flexibility index (Phi) is 4.82. The summed E-state index contributed by atoms with van der Waals surface area (Å²) in [6, 6.07) is 13.5. The number of aliphatic hydroxyl groups excluding tert-OH is 1. The van der Waals surface area contributed by atoms with Crippen molar-refractivity contribution in [1.29, 1.82) is 0 Å². The molecule has 0 radical (unpaired) electrons. The van der Waals surface area contributed by atoms with E-state index in [2.05, 4.69) is 0 Å². The highest BCUT2D eigenvalue weighted by Crippen LogP contribution is 2.32. The van der Waals surface area contributed by atoms with Gasteiger partial charge in [0.25, 0.3) is 0 Å². The number of rotatable bonds is 2. The predicted molar refractivity (Wildman–Crippen MR) is 99.4 cm³/mol. The van der Waals surface area contributed by atoms with Crippen molar-refractivity contribution in [3.8, 4) is 0 Å². The van der Waals surface area contributed by atoms with E-state index in [1.165, 1.54) is 0 Å². The molecule has 0 fully saturated rings. The Bertz CT molecular complexity index is 786. The largest absolute Gasteiger partial charge is 0.444 e. The summed E-state index contributed by atoms with van der Waals surface area (Å²) in [6.45, 7) is 5.99. The number of aliphatic hydroxyl groups is 1. The monoisotopic (exact) mass is 339 g/mol. The van der Waals surface area contributed by atoms with Crippen LogP contribution in [-0.2, 0) is 4.74 Å². The van der Waals surface area contributed by atoms with Crippen molar-refractivity contribution in [2.75, 3.05) is 6.54 Å². The fraction of sp³-hybridized carbons (Fsp3) is 0.381. The summed E-state index contributed by atoms with van der Waals surface area (Å²) < 4.78 is 5.52. The van der Waals surface area contributed by atoms with E-state index in [1.54, 1.807) is 4.90 Å². The summed E-state index contributed by atoms with van der Waals surface area (Å²) in [5.74, 6) is 0. The minimum Gasteiger partial charge on any atom is -0.444 e. The van der Waals surface area contributed by atoms with E-state index >= 15 is 0 Å². The van der Waals surface area contributed by atoms with Crippen LogP contribution in [0.5, 0.6) is 0 Å². The van der Waals surface area contributed by atoms with Crippen LogP contribution in [0.3, 0.4) is 0 Å². The molecule has 0 aliphatic carbocycles. The number of fused-ring (bicyclic) bond motifs is 1. The minimum absolute atomic E-state index is 0.342. The number of benzene rings is 2. The van der Waals surface area contributed by atoms with Crippen LogP contribution in [0.1, 0.15) is 38.9 Å². The summed E-state index contributed by atoms with van der Waals surface area (Å²) >= 11 is 0. The van der Waals surface area contributed by atoms with Crippen LogP contribution in [-0.4, -0.2) is 34.3 Å². The van der Waals surface area contributed by atoms with E-state index in [-0.39, 0.29) is 12.1 Å². The minimum atomic E-state index is -0.774. The molecule has 2 atom stereocenters. The molecule has 0 saturated heterocycles. The van der Waals surface area contributed by atoms with E-state index in [0.717, 1.165) is 16.3 Å². The average Bonchev–Trinajstić information content (AvgIpc) is 2.59. The Morgan fingerprint density at radius 1 is 1.16 bits per heavy atom. The van der Waals surface area contributed by atoms with Crippen molar-refractivity contribution in [2.24, 2.45) is 0 Å². The number of carbonyl (C=O) groups is 1. The lowest BCUT2D eigenvalue weighted by molar-refractivity contribution is -0.00402. The molecule has 25 heavy (non-hydrogen) atoms. The standard InChI is InChI=1S/C21H25NO3/c1-21(2,3)25-20(24)22-14-7-6-13-18(22)19(23)17-12-8-10-15-9-4-5-11-16(15)17/h4-12,18-19,23H,13-14H2,1-3H3/t18-,19+/m1/s1. The third kappa shape index (κ3) is 3.85. The molecule has 1 N–H and O–H groups in total. The van der Waals surface area contributed by atoms with E-state index in [4.69, 9.17) is 4.74 Å². The van der Waals surface area contributed by atoms with Crippen molar-refractivity contribution in [3.63, 3.8) is 0 Å². The second-order valence-electron chi connectivity index (χ2n) is 7.42. The molecule has 0 aromatic heterocycles. The van der Waals surface area contributed by atoms with Crippen LogP contribution in [0.4, 0.5) is 4.79 Å². The van der Waals surface area contributed by atoms with Crippen LogP contribution in [0.2, 0.25) is 0 Å². The van der Waals surface area contributed by atoms with E-state index in [0.29, 0.717) is 13.0 Å². The molecule has 4 nitrogen and oxygen atoms in total. The lowest BCUT2D eigenvalue weighted by Crippen LogP contribution is -2.47. The Hall–Kier alpha value is -2.33. The predicted octanol–water partition coefficient (Wildman–Crippen LogP) is 4.44. The SMILES string of the molecule is CC(C)(C)OC(=O)N1CC=CC[C@@H]1[C@@H](O)c1cccc2ccccc12. The molecule has 132 valence electrons. The van der Waals surface area contributed by atoms with Crippen LogP contribution in [0, 0.1) is 0 Å². The lowest BCUT2D eigenvalue weighted by Gasteiger charge is -2.37. The van der Waals surface area contributed by atoms with Gasteiger partial charge >= 0.3 is 6.09 Å². The van der Waals surface area contributed by atoms with Crippen LogP contribution >= 0.6 is 0 Å². The maximum atomic E-state index is 12.6. The van der Waals surface area contributed by atoms with Gasteiger partial charge in [-0.15, -0.1) is 0 Å². The quantitative estimate of drug-likeness (QED) is 0.823. The Labute approximate surface area is 148 Å². The zero-order chi connectivity index (χ0) is 18.0. The fourth-order valence-corrected chi connectivity index (χ4v) is 3.23. The molecule has 3 rings (SSSR count). The van der Waals surface area contributed by atoms with Gasteiger partial charge in [-0.05, 0) is 43.5 Å². The highest BCUT2D eigenvalue weighted by molar-refractivity contribution is 5.86. The summed E-state index contributed by atoms with van der Waals surface area (Å²) in [4.78, 5) is 14.2. The molecule has 0 saturated carbocycles. The summed E-state index contributed by atoms with van der Waals surface area (Å²) in [5.41, 5.74) is 0.277. The maximum absolute atomic E-state index is 12.6. The van der Waals surface area contributed by atoms with E-state index in [1.807, 2.05) is 75.4 Å². The van der Waals surface area contributed by atoms with Gasteiger partial charge in [0.1, 0.15) is 11.7 Å². The first kappa shape index (κ1) is 17.5. The second-order valence-corrected chi connectivity index (χ2v) is 7.42. The highest BCUT2D eigenvalue weighted by atomic mass is 16.6. The van der Waals surface area contributed by atoms with Crippen LogP contribution < -0.4 is 0 Å². The van der Waals surface area contributed by atoms with Crippen molar-refractivity contribution < 1.29 is 14.6 Å². The van der Waals surface area contributed by atoms with Gasteiger partial charge in [-0.2, -0.15) is 0 Å². The van der Waals surface area contributed by atoms with Crippen molar-refractivity contribution in [3.05, 3.63) is 60.2 Å². The Balaban J connectivity index is 1.92. The topological polar surface area (TPSA) is 49.8 Å². The van der Waals surface area contributed by atoms with Gasteiger partial charge in [-0.3, -0.25) is 4.90 Å². The number of hydrogen-bond donors (Lipinski definition) is 1. The van der Waals surface area contributed by atoms with Gasteiger partial charge < -0.3 is 9.84 Å². The molecule has 0 unspecified atom stereocenters. The Morgan fingerprint density at radius 3 is 2.64 bits per heavy atom. The normalized spacial score (nSPS) is 19.0. The van der Waals surface area contributed by atoms with E-state index in [9.17, 15) is 9.90 Å². The number of carbonyl (C=O) groups excluding carboxylic acids is 1. The van der Waals surface area contributed by atoms with Crippen molar-refractivity contribution >= 4 is 16.9 Å². The summed E-state index contributed by atoms with van der Waals surface area (Å²) in [5, 5.41) is 13.2. The number of nitrogens with zero attached hydrogens (tertiary/aromatic N) is 1. The highest BCUT2D eigenvalue weighted by Gasteiger charge is 2.34. The number of hydrogen-bond acceptors (Lipinski definition) is 3. The van der Waals surface area contributed by atoms with Crippen molar-refractivity contribution in [1.82, 2.24) is 4.90 Å². The first-order valence-electron chi connectivity index (χ1n) is 8.67. The molecule has 2 aromatic carbocycles. The van der Waals surface area contributed by atoms with Gasteiger partial charge in [-0.1, -0.05) is 54.6 Å². The second kappa shape index (κ2) is 6.89. The zero-order valence-electron chi connectivity index (χ0n) is 15.0. The maximum Gasteiger partial charge on any atom is 0.410 e. The van der Waals surface area contributed by atoms with Crippen molar-refractivity contribution in [2.45, 2.75) is 44.9 Å². The van der Waals surface area contributed by atoms with Gasteiger partial charge in [0.2, 0.25) is 0 Å². The molecular formula is C21H25NO3. The number of amides is 1. The fourth-order valence-electron chi connectivity index (χ4n) is 3.23. The molecule has 4 heteroatoms. The van der Waals surface area contributed by atoms with Crippen LogP contribution in [0.25, 0.3) is 10.8 Å². The molecule has 1 amide bonds. The molecule has 0 bridgehead atoms. The molecule has 1 aliphatic heterocycles. The third-order valence-electron chi connectivity index (χ3n) is 4.38. The molecule has 2 aromatic rings. The first-order chi connectivity index (χ1) is 11.9. The van der Waals surface area contributed by atoms with Gasteiger partial charge in [0.15, 0.2) is 0 Å². The molecule has 0 spiro atoms. The molecule has 1 aliphatic rings. The zero-order valence-corrected chi connectivity index (χ0v) is 15.0. The van der Waals surface area contributed by atoms with Gasteiger partial charge in [-0.25, -0.2) is 4.79 Å². The molecule has 1 heterocycles. The number of ether oxygens (including phenoxy) is 1. The lowest BCUT2D eigenvalue weighted by atomic mass is 9.92. The van der Waals surface area contributed by atoms with E-state index < -0.39 is 11.7 Å². The van der Waals surface area contributed by atoms with Gasteiger partial charge in [0.05, 0.1) is 6.04 Å². The van der Waals surface area contributed by atoms with Crippen LogP contribution in [0.15, 0.2) is 54.6 Å². The first-order valence-corrected chi connectivity index (χ1v) is 8.67. The molecular weight excluding hydrogens is 314 g/mol. The third-order valence-corrected chi connectivity index (χ3v) is 4.38. The Morgan fingerprint density at radius 2 is 1.88 bits per heavy atom. The van der Waals surface area contributed by atoms with Gasteiger partial charge in [0, 0.05) is 6.54 Å². The smallest absolute Gasteiger partial charge is 0.410 e. The summed E-state index contributed by atoms with van der Waals surface area (Å²) in [7, 11) is 0. The average molecular weight is 339 g/mol. The summed E-state index contributed by atoms with van der Waals surface area (Å²) in [6.07, 6.45) is 3.39.